The van der Waals surface area contributed by atoms with Crippen molar-refractivity contribution in [2.75, 3.05) is 6.54 Å². The topological polar surface area (TPSA) is 82.9 Å². The predicted molar refractivity (Wildman–Crippen MR) is 105 cm³/mol. The Kier molecular flexibility index (Phi) is 4.19. The van der Waals surface area contributed by atoms with Gasteiger partial charge in [0.05, 0.1) is 22.6 Å². The van der Waals surface area contributed by atoms with Crippen molar-refractivity contribution in [3.63, 3.8) is 0 Å². The van der Waals surface area contributed by atoms with Gasteiger partial charge in [-0.2, -0.15) is 23.4 Å². The summed E-state index contributed by atoms with van der Waals surface area (Å²) in [5, 5.41) is 14.3. The van der Waals surface area contributed by atoms with Crippen LogP contribution < -0.4 is 10.6 Å². The van der Waals surface area contributed by atoms with E-state index < -0.39 is 28.7 Å². The van der Waals surface area contributed by atoms with Gasteiger partial charge in [-0.3, -0.25) is 9.59 Å². The maximum atomic E-state index is 13.6. The van der Waals surface area contributed by atoms with E-state index in [0.29, 0.717) is 48.2 Å². The molecule has 1 aromatic carbocycles. The van der Waals surface area contributed by atoms with Crippen LogP contribution in [0.2, 0.25) is 0 Å². The maximum absolute atomic E-state index is 13.6. The Labute approximate surface area is 176 Å². The van der Waals surface area contributed by atoms with E-state index in [1.807, 2.05) is 6.92 Å². The highest BCUT2D eigenvalue weighted by atomic mass is 19.4. The molecule has 1 spiro atoms. The monoisotopic (exact) mass is 430 g/mol. The van der Waals surface area contributed by atoms with Crippen molar-refractivity contribution in [1.29, 1.82) is 0 Å². The van der Waals surface area contributed by atoms with E-state index >= 15 is 0 Å². The summed E-state index contributed by atoms with van der Waals surface area (Å²) in [5.41, 5.74) is -0.574. The molecule has 1 aliphatic carbocycles. The minimum absolute atomic E-state index is 0.0479. The number of nitrogens with one attached hydrogen (secondary N) is 2. The van der Waals surface area contributed by atoms with Gasteiger partial charge in [-0.05, 0) is 24.5 Å². The predicted octanol–water partition coefficient (Wildman–Crippen LogP) is 3.76. The number of amides is 1. The number of hydrogen-bond donors (Lipinski definition) is 2. The number of alkyl halides is 3. The molecule has 3 aliphatic heterocycles. The van der Waals surface area contributed by atoms with E-state index in [1.54, 1.807) is 12.3 Å². The summed E-state index contributed by atoms with van der Waals surface area (Å²) in [6.45, 7) is 2.36. The van der Waals surface area contributed by atoms with Gasteiger partial charge in [0, 0.05) is 36.2 Å². The number of benzene rings is 1. The van der Waals surface area contributed by atoms with E-state index in [9.17, 15) is 22.8 Å². The molecule has 162 valence electrons. The van der Waals surface area contributed by atoms with Crippen LogP contribution in [0.4, 0.5) is 13.2 Å². The minimum atomic E-state index is -4.50. The lowest BCUT2D eigenvalue weighted by molar-refractivity contribution is -0.137. The highest BCUT2D eigenvalue weighted by molar-refractivity contribution is 6.05. The van der Waals surface area contributed by atoms with Gasteiger partial charge < -0.3 is 10.6 Å². The standard InChI is InChI=1S/C22H21F3N4O2/c1-2-21(12-4-3-5-13(8-12)22(23,24)25)14-11-27-29-18(14)28-15-9-20(6-7-26-19(20)31)10-16(30)17(15)21/h3-5,8,11,18,28H,2,6-7,9-10H2,1H3,(H,26,31)/t18?,20-,21-/m1/s1. The summed E-state index contributed by atoms with van der Waals surface area (Å²) in [4.78, 5) is 26.1. The molecule has 9 heteroatoms. The molecule has 1 fully saturated rings. The molecule has 31 heavy (non-hydrogen) atoms. The fourth-order valence-electron chi connectivity index (χ4n) is 5.64. The fraction of sp³-hybridized carbons (Fsp3) is 0.455. The van der Waals surface area contributed by atoms with Crippen molar-refractivity contribution in [2.24, 2.45) is 15.6 Å². The average Bonchev–Trinajstić information content (AvgIpc) is 3.33. The number of carbonyl (C=O) groups excluding carboxylic acids is 2. The molecule has 4 aliphatic rings. The van der Waals surface area contributed by atoms with Gasteiger partial charge in [-0.25, -0.2) is 0 Å². The first-order valence-electron chi connectivity index (χ1n) is 10.3. The van der Waals surface area contributed by atoms with Crippen LogP contribution in [-0.2, 0) is 21.2 Å². The lowest BCUT2D eigenvalue weighted by atomic mass is 9.58. The van der Waals surface area contributed by atoms with Crippen LogP contribution in [0.5, 0.6) is 0 Å². The van der Waals surface area contributed by atoms with Crippen molar-refractivity contribution in [3.05, 3.63) is 58.4 Å². The first-order valence-corrected chi connectivity index (χ1v) is 10.3. The van der Waals surface area contributed by atoms with E-state index in [1.165, 1.54) is 6.07 Å². The Morgan fingerprint density at radius 2 is 2.03 bits per heavy atom. The SMILES string of the molecule is CC[C@@]1(c2cccc(C(F)(F)F)c2)C2=CN=NC2NC2=C1C(=O)C[C@@]1(CCNC1=O)C2. The summed E-state index contributed by atoms with van der Waals surface area (Å²) in [7, 11) is 0. The smallest absolute Gasteiger partial charge is 0.362 e. The molecule has 5 rings (SSSR count). The molecule has 1 unspecified atom stereocenters. The van der Waals surface area contributed by atoms with Crippen LogP contribution in [0, 0.1) is 5.41 Å². The van der Waals surface area contributed by atoms with Gasteiger partial charge in [-0.1, -0.05) is 25.1 Å². The molecular formula is C22H21F3N4O2. The van der Waals surface area contributed by atoms with Crippen LogP contribution in [0.1, 0.15) is 43.7 Å². The second kappa shape index (κ2) is 6.51. The summed E-state index contributed by atoms with van der Waals surface area (Å²) in [5.74, 6) is -0.360. The number of hydrogen-bond acceptors (Lipinski definition) is 5. The zero-order chi connectivity index (χ0) is 22.0. The summed E-state index contributed by atoms with van der Waals surface area (Å²) >= 11 is 0. The molecule has 1 aromatic rings. The van der Waals surface area contributed by atoms with Crippen molar-refractivity contribution >= 4 is 11.7 Å². The molecule has 6 nitrogen and oxygen atoms in total. The number of nitrogens with zero attached hydrogens (tertiary/aromatic N) is 2. The van der Waals surface area contributed by atoms with Gasteiger partial charge in [0.25, 0.3) is 0 Å². The number of carbonyl (C=O) groups is 2. The fourth-order valence-corrected chi connectivity index (χ4v) is 5.64. The van der Waals surface area contributed by atoms with E-state index in [0.717, 1.165) is 12.1 Å². The lowest BCUT2D eigenvalue weighted by Crippen LogP contribution is -2.53. The van der Waals surface area contributed by atoms with Crippen molar-refractivity contribution in [1.82, 2.24) is 10.6 Å². The van der Waals surface area contributed by atoms with Crippen LogP contribution in [-0.4, -0.2) is 24.4 Å². The Balaban J connectivity index is 1.73. The average molecular weight is 430 g/mol. The summed E-state index contributed by atoms with van der Waals surface area (Å²) in [6.07, 6.45) is -2.23. The minimum Gasteiger partial charge on any atom is -0.362 e. The van der Waals surface area contributed by atoms with Crippen LogP contribution >= 0.6 is 0 Å². The Morgan fingerprint density at radius 1 is 1.23 bits per heavy atom. The molecule has 1 amide bonds. The second-order valence-electron chi connectivity index (χ2n) is 8.62. The number of halogens is 3. The molecule has 3 atom stereocenters. The van der Waals surface area contributed by atoms with Crippen LogP contribution in [0.25, 0.3) is 0 Å². The third kappa shape index (κ3) is 2.71. The zero-order valence-corrected chi connectivity index (χ0v) is 16.8. The van der Waals surface area contributed by atoms with Gasteiger partial charge in [0.2, 0.25) is 5.91 Å². The van der Waals surface area contributed by atoms with Gasteiger partial charge in [0.15, 0.2) is 11.9 Å². The third-order valence-corrected chi connectivity index (χ3v) is 7.08. The molecule has 0 saturated carbocycles. The quantitative estimate of drug-likeness (QED) is 0.750. The van der Waals surface area contributed by atoms with Gasteiger partial charge >= 0.3 is 6.18 Å². The van der Waals surface area contributed by atoms with Crippen LogP contribution in [0.15, 0.2) is 57.5 Å². The normalized spacial score (nSPS) is 32.0. The Hall–Kier alpha value is -2.97. The van der Waals surface area contributed by atoms with Crippen molar-refractivity contribution in [2.45, 2.75) is 50.4 Å². The molecular weight excluding hydrogens is 409 g/mol. The highest BCUT2D eigenvalue weighted by Gasteiger charge is 2.57. The third-order valence-electron chi connectivity index (χ3n) is 7.08. The maximum Gasteiger partial charge on any atom is 0.416 e. The Bertz CT molecular complexity index is 1090. The van der Waals surface area contributed by atoms with Gasteiger partial charge in [-0.15, -0.1) is 0 Å². The van der Waals surface area contributed by atoms with E-state index in [2.05, 4.69) is 20.9 Å². The lowest BCUT2D eigenvalue weighted by Gasteiger charge is -2.47. The van der Waals surface area contributed by atoms with E-state index in [-0.39, 0.29) is 18.1 Å². The van der Waals surface area contributed by atoms with Gasteiger partial charge in [0.1, 0.15) is 0 Å². The first-order chi connectivity index (χ1) is 14.7. The zero-order valence-electron chi connectivity index (χ0n) is 16.8. The molecule has 1 saturated heterocycles. The summed E-state index contributed by atoms with van der Waals surface area (Å²) < 4.78 is 40.5. The Morgan fingerprint density at radius 3 is 2.71 bits per heavy atom. The number of fused-ring (bicyclic) bond motifs is 1. The molecule has 0 radical (unpaired) electrons. The number of rotatable bonds is 2. The number of allylic oxidation sites excluding steroid dienone is 2. The number of azo groups is 1. The largest absolute Gasteiger partial charge is 0.416 e. The molecule has 0 bridgehead atoms. The second-order valence-corrected chi connectivity index (χ2v) is 8.62. The van der Waals surface area contributed by atoms with Crippen molar-refractivity contribution < 1.29 is 22.8 Å². The molecule has 0 aromatic heterocycles. The first kappa shape index (κ1) is 20.0. The summed E-state index contributed by atoms with van der Waals surface area (Å²) in [6, 6.07) is 5.15. The molecule has 3 heterocycles. The number of Topliss-reactive ketones (excluding diaryl/α,β-unsaturated/α-hetero) is 1. The van der Waals surface area contributed by atoms with Crippen molar-refractivity contribution in [3.8, 4) is 0 Å². The van der Waals surface area contributed by atoms with E-state index in [4.69, 9.17) is 0 Å². The number of ketones is 1. The highest BCUT2D eigenvalue weighted by Crippen LogP contribution is 2.55. The molecule has 2 N–H and O–H groups in total. The van der Waals surface area contributed by atoms with Crippen LogP contribution in [0.3, 0.4) is 0 Å².